The van der Waals surface area contributed by atoms with Gasteiger partial charge in [0.25, 0.3) is 0 Å². The molecule has 5 nitrogen and oxygen atoms in total. The van der Waals surface area contributed by atoms with Gasteiger partial charge in [0.2, 0.25) is 11.8 Å². The maximum absolute atomic E-state index is 12.8. The third-order valence-corrected chi connectivity index (χ3v) is 4.82. The highest BCUT2D eigenvalue weighted by Crippen LogP contribution is 2.40. The smallest absolute Gasteiger partial charge is 0.369 e. The molecule has 2 atom stereocenters. The molecule has 0 unspecified atom stereocenters. The lowest BCUT2D eigenvalue weighted by Gasteiger charge is -2.34. The summed E-state index contributed by atoms with van der Waals surface area (Å²) in [6, 6.07) is -0.0297. The molecule has 8 heteroatoms. The van der Waals surface area contributed by atoms with E-state index in [9.17, 15) is 22.8 Å². The van der Waals surface area contributed by atoms with Gasteiger partial charge in [-0.05, 0) is 32.1 Å². The summed E-state index contributed by atoms with van der Waals surface area (Å²) in [5.74, 6) is -2.54. The molecule has 0 aromatic heterocycles. The number of amides is 2. The first-order chi connectivity index (χ1) is 10.8. The summed E-state index contributed by atoms with van der Waals surface area (Å²) in [6.45, 7) is 1.52. The van der Waals surface area contributed by atoms with Crippen LogP contribution in [0.1, 0.15) is 38.5 Å². The first-order valence-electron chi connectivity index (χ1n) is 8.13. The molecule has 1 heterocycles. The van der Waals surface area contributed by atoms with Crippen molar-refractivity contribution in [2.75, 3.05) is 19.6 Å². The number of rotatable bonds is 4. The van der Waals surface area contributed by atoms with E-state index in [0.29, 0.717) is 38.8 Å². The average Bonchev–Trinajstić information content (AvgIpc) is 2.48. The van der Waals surface area contributed by atoms with E-state index < -0.39 is 18.0 Å². The second kappa shape index (κ2) is 7.51. The summed E-state index contributed by atoms with van der Waals surface area (Å²) in [4.78, 5) is 25.0. The molecule has 1 aliphatic carbocycles. The van der Waals surface area contributed by atoms with Crippen LogP contribution in [0.4, 0.5) is 13.2 Å². The second-order valence-corrected chi connectivity index (χ2v) is 6.63. The van der Waals surface area contributed by atoms with Gasteiger partial charge in [0.1, 0.15) is 0 Å². The van der Waals surface area contributed by atoms with Crippen LogP contribution in [0.3, 0.4) is 0 Å². The third-order valence-electron chi connectivity index (χ3n) is 4.82. The van der Waals surface area contributed by atoms with Crippen LogP contribution in [0.2, 0.25) is 0 Å². The fraction of sp³-hybridized carbons (Fsp3) is 0.867. The molecule has 0 bridgehead atoms. The number of nitrogens with two attached hydrogens (primary N) is 1. The highest BCUT2D eigenvalue weighted by Gasteiger charge is 2.43. The molecular weight excluding hydrogens is 311 g/mol. The molecule has 2 rings (SSSR count). The second-order valence-electron chi connectivity index (χ2n) is 6.63. The molecule has 132 valence electrons. The van der Waals surface area contributed by atoms with Crippen molar-refractivity contribution in [1.29, 1.82) is 0 Å². The number of primary amides is 1. The zero-order chi connectivity index (χ0) is 17.0. The molecule has 2 aliphatic rings. The van der Waals surface area contributed by atoms with Gasteiger partial charge < -0.3 is 11.1 Å². The van der Waals surface area contributed by atoms with Crippen LogP contribution in [-0.4, -0.2) is 48.6 Å². The van der Waals surface area contributed by atoms with Gasteiger partial charge in [-0.3, -0.25) is 14.5 Å². The monoisotopic (exact) mass is 335 g/mol. The number of piperidine rings is 1. The maximum Gasteiger partial charge on any atom is 0.391 e. The Morgan fingerprint density at radius 2 is 1.78 bits per heavy atom. The molecule has 3 N–H and O–H groups in total. The van der Waals surface area contributed by atoms with Gasteiger partial charge in [-0.2, -0.15) is 13.2 Å². The molecule has 23 heavy (non-hydrogen) atoms. The van der Waals surface area contributed by atoms with Gasteiger partial charge in [0, 0.05) is 25.0 Å². The average molecular weight is 335 g/mol. The van der Waals surface area contributed by atoms with Crippen LogP contribution in [-0.2, 0) is 9.59 Å². The Kier molecular flexibility index (Phi) is 5.89. The molecule has 0 radical (unpaired) electrons. The van der Waals surface area contributed by atoms with Crippen molar-refractivity contribution in [3.63, 3.8) is 0 Å². The molecule has 1 saturated heterocycles. The van der Waals surface area contributed by atoms with Crippen molar-refractivity contribution in [2.45, 2.75) is 50.7 Å². The van der Waals surface area contributed by atoms with E-state index >= 15 is 0 Å². The third kappa shape index (κ3) is 5.37. The van der Waals surface area contributed by atoms with Gasteiger partial charge in [0.15, 0.2) is 0 Å². The Morgan fingerprint density at radius 1 is 1.13 bits per heavy atom. The van der Waals surface area contributed by atoms with E-state index in [1.807, 2.05) is 4.90 Å². The number of hydrogen-bond donors (Lipinski definition) is 2. The Balaban J connectivity index is 1.78. The Morgan fingerprint density at radius 3 is 2.35 bits per heavy atom. The molecule has 2 amide bonds. The molecule has 1 aliphatic heterocycles. The lowest BCUT2D eigenvalue weighted by Crippen LogP contribution is -2.48. The first kappa shape index (κ1) is 18.0. The molecule has 0 spiro atoms. The minimum Gasteiger partial charge on any atom is -0.369 e. The Hall–Kier alpha value is -1.31. The lowest BCUT2D eigenvalue weighted by atomic mass is 9.80. The Bertz CT molecular complexity index is 434. The molecule has 1 saturated carbocycles. The van der Waals surface area contributed by atoms with E-state index in [-0.39, 0.29) is 37.2 Å². The largest absolute Gasteiger partial charge is 0.391 e. The van der Waals surface area contributed by atoms with Crippen LogP contribution < -0.4 is 11.1 Å². The van der Waals surface area contributed by atoms with Crippen molar-refractivity contribution in [3.05, 3.63) is 0 Å². The van der Waals surface area contributed by atoms with Crippen molar-refractivity contribution in [1.82, 2.24) is 10.2 Å². The van der Waals surface area contributed by atoms with Crippen LogP contribution >= 0.6 is 0 Å². The number of alkyl halides is 3. The number of carbonyl (C=O) groups excluding carboxylic acids is 2. The molecular formula is C15H24F3N3O2. The topological polar surface area (TPSA) is 75.4 Å². The standard InChI is InChI=1S/C15H24F3N3O2/c16-15(17,18)11-3-1-2-10(8-11)14(23)20-12-4-6-21(7-5-12)9-13(19)22/h10-12H,1-9H2,(H2,19,22)(H,20,23)/t10-,11+/m0/s1. The predicted octanol–water partition coefficient (Wildman–Crippen LogP) is 1.42. The molecule has 2 fully saturated rings. The van der Waals surface area contributed by atoms with E-state index in [1.54, 1.807) is 0 Å². The van der Waals surface area contributed by atoms with Crippen molar-refractivity contribution in [2.24, 2.45) is 17.6 Å². The zero-order valence-corrected chi connectivity index (χ0v) is 13.1. The van der Waals surface area contributed by atoms with E-state index in [4.69, 9.17) is 5.73 Å². The number of nitrogens with zero attached hydrogens (tertiary/aromatic N) is 1. The quantitative estimate of drug-likeness (QED) is 0.816. The summed E-state index contributed by atoms with van der Waals surface area (Å²) in [5.41, 5.74) is 5.14. The molecule has 0 aromatic carbocycles. The van der Waals surface area contributed by atoms with E-state index in [1.165, 1.54) is 0 Å². The normalized spacial score (nSPS) is 27.6. The molecule has 0 aromatic rings. The SMILES string of the molecule is NC(=O)CN1CCC(NC(=O)[C@H]2CCC[C@@H](C(F)(F)F)C2)CC1. The minimum absolute atomic E-state index is 0.0297. The van der Waals surface area contributed by atoms with Crippen molar-refractivity contribution >= 4 is 11.8 Å². The number of hydrogen-bond acceptors (Lipinski definition) is 3. The van der Waals surface area contributed by atoms with Crippen LogP contribution in [0, 0.1) is 11.8 Å². The van der Waals surface area contributed by atoms with Gasteiger partial charge in [-0.25, -0.2) is 0 Å². The fourth-order valence-corrected chi connectivity index (χ4v) is 3.50. The van der Waals surface area contributed by atoms with Crippen LogP contribution in [0.25, 0.3) is 0 Å². The highest BCUT2D eigenvalue weighted by molar-refractivity contribution is 5.79. The maximum atomic E-state index is 12.8. The first-order valence-corrected chi connectivity index (χ1v) is 8.13. The minimum atomic E-state index is -4.21. The number of nitrogens with one attached hydrogen (secondary N) is 1. The zero-order valence-electron chi connectivity index (χ0n) is 13.1. The Labute approximate surface area is 133 Å². The summed E-state index contributed by atoms with van der Waals surface area (Å²) in [7, 11) is 0. The summed E-state index contributed by atoms with van der Waals surface area (Å²) >= 11 is 0. The summed E-state index contributed by atoms with van der Waals surface area (Å²) < 4.78 is 38.4. The van der Waals surface area contributed by atoms with Gasteiger partial charge in [0.05, 0.1) is 12.5 Å². The summed E-state index contributed by atoms with van der Waals surface area (Å²) in [6.07, 6.45) is -1.84. The predicted molar refractivity (Wildman–Crippen MR) is 78.3 cm³/mol. The van der Waals surface area contributed by atoms with Gasteiger partial charge in [-0.1, -0.05) is 6.42 Å². The van der Waals surface area contributed by atoms with E-state index in [0.717, 1.165) is 0 Å². The van der Waals surface area contributed by atoms with Crippen molar-refractivity contribution < 1.29 is 22.8 Å². The van der Waals surface area contributed by atoms with Crippen molar-refractivity contribution in [3.8, 4) is 0 Å². The van der Waals surface area contributed by atoms with Gasteiger partial charge in [-0.15, -0.1) is 0 Å². The fourth-order valence-electron chi connectivity index (χ4n) is 3.50. The summed E-state index contributed by atoms with van der Waals surface area (Å²) in [5, 5.41) is 2.89. The van der Waals surface area contributed by atoms with Crippen LogP contribution in [0.15, 0.2) is 0 Å². The lowest BCUT2D eigenvalue weighted by molar-refractivity contribution is -0.186. The van der Waals surface area contributed by atoms with Gasteiger partial charge >= 0.3 is 6.18 Å². The number of likely N-dealkylation sites (tertiary alicyclic amines) is 1. The van der Waals surface area contributed by atoms with Crippen LogP contribution in [0.5, 0.6) is 0 Å². The highest BCUT2D eigenvalue weighted by atomic mass is 19.4. The van der Waals surface area contributed by atoms with E-state index in [2.05, 4.69) is 5.32 Å². The number of carbonyl (C=O) groups is 2. The number of halogens is 3.